The number of hydrogen-bond donors (Lipinski definition) is 1. The number of benzene rings is 3. The highest BCUT2D eigenvalue weighted by Crippen LogP contribution is 2.24. The third kappa shape index (κ3) is 4.89. The van der Waals surface area contributed by atoms with E-state index in [4.69, 9.17) is 6.42 Å². The lowest BCUT2D eigenvalue weighted by Crippen LogP contribution is -2.07. The highest BCUT2D eigenvalue weighted by molar-refractivity contribution is 6.06. The Balaban J connectivity index is 1.61. The molecular weight excluding hydrogens is 414 g/mol. The third-order valence-electron chi connectivity index (χ3n) is 5.24. The van der Waals surface area contributed by atoms with Gasteiger partial charge in [0.15, 0.2) is 0 Å². The van der Waals surface area contributed by atoms with E-state index in [1.807, 2.05) is 36.4 Å². The lowest BCUT2D eigenvalue weighted by Gasteiger charge is -2.08. The van der Waals surface area contributed by atoms with Gasteiger partial charge >= 0.3 is 5.97 Å². The van der Waals surface area contributed by atoms with Crippen LogP contribution in [0.4, 0.5) is 0 Å². The van der Waals surface area contributed by atoms with Crippen molar-refractivity contribution in [2.24, 2.45) is 0 Å². The van der Waals surface area contributed by atoms with Crippen molar-refractivity contribution >= 4 is 11.8 Å². The molecule has 6 heteroatoms. The third-order valence-corrected chi connectivity index (χ3v) is 5.24. The Labute approximate surface area is 191 Å². The molecule has 4 aromatic rings. The smallest absolute Gasteiger partial charge is 0.336 e. The molecule has 0 bridgehead atoms. The summed E-state index contributed by atoms with van der Waals surface area (Å²) in [5.41, 5.74) is 3.21. The zero-order valence-electron chi connectivity index (χ0n) is 17.8. The van der Waals surface area contributed by atoms with Crippen LogP contribution in [0.3, 0.4) is 0 Å². The van der Waals surface area contributed by atoms with Gasteiger partial charge in [0.25, 0.3) is 0 Å². The van der Waals surface area contributed by atoms with Crippen LogP contribution in [0.25, 0.3) is 11.1 Å². The van der Waals surface area contributed by atoms with Crippen LogP contribution in [0.1, 0.15) is 44.3 Å². The van der Waals surface area contributed by atoms with Crippen LogP contribution < -0.4 is 0 Å². The molecule has 0 unspecified atom stereocenters. The quantitative estimate of drug-likeness (QED) is 0.326. The van der Waals surface area contributed by atoms with Crippen molar-refractivity contribution < 1.29 is 14.7 Å². The van der Waals surface area contributed by atoms with Gasteiger partial charge in [-0.3, -0.25) is 4.79 Å². The van der Waals surface area contributed by atoms with Crippen LogP contribution in [-0.2, 0) is 13.0 Å². The minimum atomic E-state index is -0.966. The van der Waals surface area contributed by atoms with Gasteiger partial charge in [0, 0.05) is 18.4 Å². The molecule has 6 nitrogen and oxygen atoms in total. The second-order valence-electron chi connectivity index (χ2n) is 7.45. The second kappa shape index (κ2) is 9.75. The van der Waals surface area contributed by atoms with Crippen molar-refractivity contribution in [1.29, 1.82) is 0 Å². The van der Waals surface area contributed by atoms with Crippen LogP contribution in [-0.4, -0.2) is 31.6 Å². The Morgan fingerprint density at radius 2 is 1.64 bits per heavy atom. The first kappa shape index (κ1) is 21.7. The molecule has 0 fully saturated rings. The van der Waals surface area contributed by atoms with Crippen molar-refractivity contribution in [2.75, 3.05) is 0 Å². The zero-order valence-corrected chi connectivity index (χ0v) is 17.8. The minimum absolute atomic E-state index is 0.139. The van der Waals surface area contributed by atoms with E-state index >= 15 is 0 Å². The Hall–Kier alpha value is -4.50. The fourth-order valence-electron chi connectivity index (χ4n) is 3.58. The van der Waals surface area contributed by atoms with Gasteiger partial charge < -0.3 is 5.11 Å². The van der Waals surface area contributed by atoms with Gasteiger partial charge in [0.05, 0.1) is 12.1 Å². The Morgan fingerprint density at radius 1 is 0.939 bits per heavy atom. The minimum Gasteiger partial charge on any atom is -0.478 e. The first-order valence-corrected chi connectivity index (χ1v) is 10.5. The maximum atomic E-state index is 12.8. The summed E-state index contributed by atoms with van der Waals surface area (Å²) in [6.07, 6.45) is 6.35. The molecule has 0 saturated heterocycles. The van der Waals surface area contributed by atoms with E-state index < -0.39 is 5.97 Å². The zero-order chi connectivity index (χ0) is 23.2. The molecule has 0 aliphatic heterocycles. The van der Waals surface area contributed by atoms with Gasteiger partial charge in [-0.2, -0.15) is 0 Å². The van der Waals surface area contributed by atoms with E-state index in [-0.39, 0.29) is 17.2 Å². The van der Waals surface area contributed by atoms with E-state index in [0.29, 0.717) is 36.3 Å². The van der Waals surface area contributed by atoms with Crippen molar-refractivity contribution in [3.8, 4) is 23.5 Å². The summed E-state index contributed by atoms with van der Waals surface area (Å²) >= 11 is 0. The summed E-state index contributed by atoms with van der Waals surface area (Å²) in [6, 6.07) is 23.4. The normalized spacial score (nSPS) is 10.5. The van der Waals surface area contributed by atoms with Gasteiger partial charge in [0.1, 0.15) is 5.82 Å². The molecular formula is C27H21N3O3. The fraction of sp³-hybridized carbons (Fsp3) is 0.111. The number of aromatic nitrogens is 3. The number of carboxylic acid groups (broad SMARTS) is 1. The Kier molecular flexibility index (Phi) is 6.42. The van der Waals surface area contributed by atoms with E-state index in [0.717, 1.165) is 11.1 Å². The number of aryl methyl sites for hydroxylation is 1. The maximum absolute atomic E-state index is 12.8. The maximum Gasteiger partial charge on any atom is 0.336 e. The first-order valence-electron chi connectivity index (χ1n) is 10.5. The molecule has 1 N–H and O–H groups in total. The molecule has 0 radical (unpaired) electrons. The number of carbonyl (C=O) groups is 2. The molecule has 0 amide bonds. The molecule has 1 heterocycles. The largest absolute Gasteiger partial charge is 0.478 e. The number of nitrogens with zero attached hydrogens (tertiary/aromatic N) is 3. The second-order valence-corrected chi connectivity index (χ2v) is 7.45. The van der Waals surface area contributed by atoms with Crippen LogP contribution >= 0.6 is 0 Å². The van der Waals surface area contributed by atoms with E-state index in [1.165, 1.54) is 0 Å². The molecule has 33 heavy (non-hydrogen) atoms. The summed E-state index contributed by atoms with van der Waals surface area (Å²) in [4.78, 5) is 28.8. The summed E-state index contributed by atoms with van der Waals surface area (Å²) in [5, 5.41) is 13.9. The van der Waals surface area contributed by atoms with Crippen molar-refractivity contribution in [2.45, 2.75) is 19.4 Å². The van der Waals surface area contributed by atoms with Crippen molar-refractivity contribution in [3.05, 3.63) is 107 Å². The Bertz CT molecular complexity index is 1330. The molecule has 0 saturated carbocycles. The van der Waals surface area contributed by atoms with E-state index in [2.05, 4.69) is 16.0 Å². The number of ketones is 1. The topological polar surface area (TPSA) is 85.1 Å². The lowest BCUT2D eigenvalue weighted by molar-refractivity contribution is 0.0697. The molecule has 1 aromatic heterocycles. The highest BCUT2D eigenvalue weighted by atomic mass is 16.4. The number of carbonyl (C=O) groups excluding carboxylic acids is 1. The predicted molar refractivity (Wildman–Crippen MR) is 125 cm³/mol. The summed E-state index contributed by atoms with van der Waals surface area (Å²) in [5.74, 6) is 2.17. The molecule has 0 spiro atoms. The van der Waals surface area contributed by atoms with Crippen molar-refractivity contribution in [1.82, 2.24) is 14.8 Å². The summed E-state index contributed by atoms with van der Waals surface area (Å²) in [7, 11) is 0. The average Bonchev–Trinajstić information content (AvgIpc) is 3.25. The van der Waals surface area contributed by atoms with Crippen LogP contribution in [0.2, 0.25) is 0 Å². The first-order chi connectivity index (χ1) is 16.1. The average molecular weight is 435 g/mol. The van der Waals surface area contributed by atoms with Crippen LogP contribution in [0.15, 0.2) is 78.9 Å². The molecule has 0 atom stereocenters. The van der Waals surface area contributed by atoms with E-state index in [1.54, 1.807) is 47.1 Å². The summed E-state index contributed by atoms with van der Waals surface area (Å²) in [6.45, 7) is 0.463. The van der Waals surface area contributed by atoms with Crippen LogP contribution in [0, 0.1) is 12.3 Å². The molecule has 3 aromatic carbocycles. The van der Waals surface area contributed by atoms with Gasteiger partial charge in [-0.05, 0) is 22.8 Å². The van der Waals surface area contributed by atoms with Gasteiger partial charge in [-0.25, -0.2) is 14.5 Å². The summed E-state index contributed by atoms with van der Waals surface area (Å²) < 4.78 is 1.68. The number of carboxylic acids is 1. The number of hydrogen-bond acceptors (Lipinski definition) is 4. The van der Waals surface area contributed by atoms with Crippen LogP contribution in [0.5, 0.6) is 0 Å². The highest BCUT2D eigenvalue weighted by Gasteiger charge is 2.18. The van der Waals surface area contributed by atoms with Gasteiger partial charge in [-0.15, -0.1) is 17.4 Å². The predicted octanol–water partition coefficient (Wildman–Crippen LogP) is 4.49. The fourth-order valence-corrected chi connectivity index (χ4v) is 3.58. The Morgan fingerprint density at radius 3 is 2.33 bits per heavy atom. The SMILES string of the molecule is C#CCCn1nc(C(=O)c2ccccc2)nc1Cc1ccc(-c2ccccc2C(=O)O)cc1. The van der Waals surface area contributed by atoms with Gasteiger partial charge in [-0.1, -0.05) is 72.8 Å². The molecule has 0 aliphatic carbocycles. The molecule has 0 aliphatic rings. The number of rotatable bonds is 8. The van der Waals surface area contributed by atoms with Crippen molar-refractivity contribution in [3.63, 3.8) is 0 Å². The van der Waals surface area contributed by atoms with Gasteiger partial charge in [0.2, 0.25) is 11.6 Å². The monoisotopic (exact) mass is 435 g/mol. The molecule has 162 valence electrons. The number of terminal acetylenes is 1. The standard InChI is InChI=1S/C27H21N3O3/c1-2-3-17-30-24(28-26(29-30)25(31)21-9-5-4-6-10-21)18-19-13-15-20(16-14-19)22-11-7-8-12-23(22)27(32)33/h1,4-16H,3,17-18H2,(H,32,33). The molecule has 4 rings (SSSR count). The van der Waals surface area contributed by atoms with E-state index in [9.17, 15) is 14.7 Å². The lowest BCUT2D eigenvalue weighted by atomic mass is 9.98. The number of aromatic carboxylic acids is 1.